The van der Waals surface area contributed by atoms with E-state index < -0.39 is 29.2 Å². The number of carbonyl (C=O) groups is 3. The lowest BCUT2D eigenvalue weighted by atomic mass is 10.0. The Morgan fingerprint density at radius 2 is 2.19 bits per heavy atom. The fraction of sp³-hybridized carbons (Fsp3) is 0.400. The standard InChI is InChI=1S/C20H24N8O6S2.ClH/c1-2-34-25-13(11-9-36-20(22)23-11)16(30)24-14-17(31)28-15(19(32)33)10(8-35-18(14)28)7-26-4-3-12(21)27(26)5-6-29;/h3-4,9,14,18,21,29H,2,5-8H2,1H3,(H4,22,23,24,30,32,33);1H/t14-,18-;/m1./s1. The number of aliphatic hydroxyl groups excluding tert-OH is 1. The van der Waals surface area contributed by atoms with Crippen molar-refractivity contribution >= 4 is 70.0 Å². The van der Waals surface area contributed by atoms with E-state index in [1.165, 1.54) is 17.1 Å². The predicted molar refractivity (Wildman–Crippen MR) is 135 cm³/mol. The average molecular weight is 573 g/mol. The van der Waals surface area contributed by atoms with Gasteiger partial charge in [0, 0.05) is 16.7 Å². The molecule has 14 nitrogen and oxygen atoms in total. The van der Waals surface area contributed by atoms with Gasteiger partial charge in [0.15, 0.2) is 29.4 Å². The van der Waals surface area contributed by atoms with Crippen molar-refractivity contribution in [1.82, 2.24) is 19.9 Å². The number of amides is 2. The summed E-state index contributed by atoms with van der Waals surface area (Å²) < 4.78 is 3.26. The first-order chi connectivity index (χ1) is 17.3. The minimum absolute atomic E-state index is 0. The van der Waals surface area contributed by atoms with Gasteiger partial charge in [-0.25, -0.2) is 4.98 Å². The summed E-state index contributed by atoms with van der Waals surface area (Å²) in [4.78, 5) is 48.2. The van der Waals surface area contributed by atoms with E-state index in [0.717, 1.165) is 16.2 Å². The molecule has 0 unspecified atom stereocenters. The maximum absolute atomic E-state index is 13.0. The number of aromatic nitrogens is 3. The minimum Gasteiger partial charge on any atom is -0.543 e. The lowest BCUT2D eigenvalue weighted by molar-refractivity contribution is -0.767. The van der Waals surface area contributed by atoms with Crippen LogP contribution in [-0.2, 0) is 32.3 Å². The quantitative estimate of drug-likeness (QED) is 0.103. The largest absolute Gasteiger partial charge is 0.543 e. The number of hydrogen-bond donors (Lipinski definition) is 4. The second-order valence-electron chi connectivity index (χ2n) is 7.71. The van der Waals surface area contributed by atoms with Crippen LogP contribution in [0.5, 0.6) is 0 Å². The number of oxime groups is 1. The Labute approximate surface area is 225 Å². The predicted octanol–water partition coefficient (Wildman–Crippen LogP) is -2.34. The number of anilines is 2. The van der Waals surface area contributed by atoms with E-state index in [1.807, 2.05) is 0 Å². The number of carboxylic acid groups (broad SMARTS) is 1. The molecular formula is C20H25ClN8O6S2. The molecule has 1 fully saturated rings. The number of rotatable bonds is 10. The van der Waals surface area contributed by atoms with E-state index in [9.17, 15) is 24.6 Å². The molecule has 6 N–H and O–H groups in total. The van der Waals surface area contributed by atoms with Gasteiger partial charge in [-0.1, -0.05) is 5.16 Å². The summed E-state index contributed by atoms with van der Waals surface area (Å²) in [5.41, 5.74) is 11.8. The molecule has 1 saturated heterocycles. The van der Waals surface area contributed by atoms with E-state index >= 15 is 0 Å². The Kier molecular flexibility index (Phi) is 9.01. The number of carbonyl (C=O) groups excluding carboxylic acids is 3. The van der Waals surface area contributed by atoms with Crippen molar-refractivity contribution in [2.45, 2.75) is 31.4 Å². The third-order valence-corrected chi connectivity index (χ3v) is 7.50. The molecular weight excluding hydrogens is 548 g/mol. The van der Waals surface area contributed by atoms with Gasteiger partial charge in [-0.2, -0.15) is 0 Å². The summed E-state index contributed by atoms with van der Waals surface area (Å²) in [5.74, 6) is -2.14. The number of nitrogens with two attached hydrogens (primary N) is 2. The summed E-state index contributed by atoms with van der Waals surface area (Å²) in [6.07, 6.45) is 1.66. The van der Waals surface area contributed by atoms with Crippen molar-refractivity contribution in [3.05, 3.63) is 34.6 Å². The lowest BCUT2D eigenvalue weighted by Gasteiger charge is -2.50. The fourth-order valence-electron chi connectivity index (χ4n) is 3.90. The molecule has 4 heterocycles. The number of carboxylic acids is 1. The number of aliphatic hydroxyl groups is 1. The van der Waals surface area contributed by atoms with E-state index in [4.69, 9.17) is 16.3 Å². The van der Waals surface area contributed by atoms with Crippen molar-refractivity contribution in [3.8, 4) is 0 Å². The minimum atomic E-state index is -1.50. The highest BCUT2D eigenvalue weighted by Gasteiger charge is 2.53. The number of thioether (sulfide) groups is 1. The maximum atomic E-state index is 13.0. The number of hydrogen-bond acceptors (Lipinski definition) is 12. The monoisotopic (exact) mass is 572 g/mol. The van der Waals surface area contributed by atoms with Crippen molar-refractivity contribution in [2.75, 3.05) is 30.4 Å². The molecule has 2 amide bonds. The van der Waals surface area contributed by atoms with Crippen molar-refractivity contribution in [2.24, 2.45) is 5.16 Å². The van der Waals surface area contributed by atoms with Gasteiger partial charge in [-0.3, -0.25) is 14.5 Å². The summed E-state index contributed by atoms with van der Waals surface area (Å²) in [6, 6.07) is 0.647. The van der Waals surface area contributed by atoms with Gasteiger partial charge in [0.25, 0.3) is 11.8 Å². The molecule has 17 heteroatoms. The Morgan fingerprint density at radius 1 is 1.43 bits per heavy atom. The first-order valence-corrected chi connectivity index (χ1v) is 12.8. The fourth-order valence-corrected chi connectivity index (χ4v) is 5.78. The normalized spacial score (nSPS) is 19.1. The first kappa shape index (κ1) is 28.2. The first-order valence-electron chi connectivity index (χ1n) is 10.8. The average Bonchev–Trinajstić information content (AvgIpc) is 3.43. The Bertz CT molecular complexity index is 1260. The second kappa shape index (κ2) is 11.8. The third-order valence-electron chi connectivity index (χ3n) is 5.48. The summed E-state index contributed by atoms with van der Waals surface area (Å²) >= 11 is 2.42. The van der Waals surface area contributed by atoms with E-state index in [1.54, 1.807) is 28.6 Å². The number of fused-ring (bicyclic) bond motifs is 1. The summed E-state index contributed by atoms with van der Waals surface area (Å²) in [6.45, 7) is 2.08. The molecule has 0 radical (unpaired) electrons. The lowest BCUT2D eigenvalue weighted by Crippen LogP contribution is -2.71. The molecule has 0 aliphatic carbocycles. The number of nitrogens with zero attached hydrogens (tertiary/aromatic N) is 5. The van der Waals surface area contributed by atoms with Gasteiger partial charge in [-0.05, 0) is 6.92 Å². The number of nitrogen functional groups attached to an aromatic ring is 2. The van der Waals surface area contributed by atoms with Crippen molar-refractivity contribution in [3.63, 3.8) is 0 Å². The number of thiazole rings is 1. The molecule has 2 aromatic heterocycles. The van der Waals surface area contributed by atoms with Crippen LogP contribution in [-0.4, -0.2) is 73.5 Å². The number of halogens is 1. The van der Waals surface area contributed by atoms with Gasteiger partial charge in [0.1, 0.15) is 30.3 Å². The van der Waals surface area contributed by atoms with E-state index in [-0.39, 0.29) is 66.7 Å². The topological polar surface area (TPSA) is 205 Å². The van der Waals surface area contributed by atoms with E-state index in [0.29, 0.717) is 11.4 Å². The molecule has 2 aliphatic heterocycles. The molecule has 2 aromatic rings. The molecule has 2 aliphatic rings. The highest BCUT2D eigenvalue weighted by Crippen LogP contribution is 2.40. The number of β-lactam (4-membered cyclic amide) rings is 1. The molecule has 200 valence electrons. The van der Waals surface area contributed by atoms with Gasteiger partial charge in [-0.15, -0.1) is 44.9 Å². The zero-order chi connectivity index (χ0) is 26.0. The van der Waals surface area contributed by atoms with Crippen molar-refractivity contribution < 1.29 is 34.1 Å². The molecule has 2 atom stereocenters. The van der Waals surface area contributed by atoms with Crippen molar-refractivity contribution in [1.29, 1.82) is 0 Å². The smallest absolute Gasteiger partial charge is 0.276 e. The van der Waals surface area contributed by atoms with Crippen LogP contribution in [0.4, 0.5) is 10.9 Å². The van der Waals surface area contributed by atoms with Crippen LogP contribution in [0.1, 0.15) is 12.6 Å². The van der Waals surface area contributed by atoms with Crippen LogP contribution < -0.4 is 26.6 Å². The van der Waals surface area contributed by atoms with Crippen LogP contribution in [0.3, 0.4) is 0 Å². The highest BCUT2D eigenvalue weighted by molar-refractivity contribution is 8.00. The number of aliphatic carboxylic acids is 1. The maximum Gasteiger partial charge on any atom is 0.276 e. The van der Waals surface area contributed by atoms with Crippen LogP contribution in [0.25, 0.3) is 0 Å². The van der Waals surface area contributed by atoms with Crippen LogP contribution >= 0.6 is 35.5 Å². The third kappa shape index (κ3) is 5.51. The van der Waals surface area contributed by atoms with Crippen LogP contribution in [0.15, 0.2) is 34.1 Å². The van der Waals surface area contributed by atoms with E-state index in [2.05, 4.69) is 15.5 Å². The van der Waals surface area contributed by atoms with Crippen LogP contribution in [0, 0.1) is 0 Å². The Balaban J connectivity index is 0.00000380. The van der Waals surface area contributed by atoms with Gasteiger partial charge >= 0.3 is 0 Å². The van der Waals surface area contributed by atoms with Gasteiger partial charge < -0.3 is 36.6 Å². The van der Waals surface area contributed by atoms with Crippen LogP contribution in [0.2, 0.25) is 0 Å². The summed E-state index contributed by atoms with van der Waals surface area (Å²) in [5, 5.41) is 28.9. The zero-order valence-corrected chi connectivity index (χ0v) is 22.0. The summed E-state index contributed by atoms with van der Waals surface area (Å²) in [7, 11) is 0. The van der Waals surface area contributed by atoms with Gasteiger partial charge in [0.2, 0.25) is 0 Å². The molecule has 0 aromatic carbocycles. The Hall–Kier alpha value is -3.34. The number of nitrogens with one attached hydrogen (secondary N) is 1. The Morgan fingerprint density at radius 3 is 2.81 bits per heavy atom. The molecule has 0 bridgehead atoms. The molecule has 4 rings (SSSR count). The molecule has 0 spiro atoms. The molecule has 0 saturated carbocycles. The highest BCUT2D eigenvalue weighted by atomic mass is 35.5. The zero-order valence-electron chi connectivity index (χ0n) is 19.5. The van der Waals surface area contributed by atoms with Gasteiger partial charge in [0.05, 0.1) is 24.3 Å². The molecule has 37 heavy (non-hydrogen) atoms. The second-order valence-corrected chi connectivity index (χ2v) is 9.71. The SMILES string of the molecule is CCON=C(C(=O)N[C@@H]1C(=O)N2C(C(=O)[O-])=C(C[n+]3ccc(N)n3CCO)CS[C@H]12)c1csc(N)n1.Cl.